The van der Waals surface area contributed by atoms with Crippen molar-refractivity contribution in [3.05, 3.63) is 70.7 Å². The quantitative estimate of drug-likeness (QED) is 0.313. The van der Waals surface area contributed by atoms with Gasteiger partial charge in [-0.2, -0.15) is 0 Å². The van der Waals surface area contributed by atoms with Gasteiger partial charge in [0.15, 0.2) is 5.82 Å². The van der Waals surface area contributed by atoms with Gasteiger partial charge >= 0.3 is 0 Å². The lowest BCUT2D eigenvalue weighted by molar-refractivity contribution is -0.120. The highest BCUT2D eigenvalue weighted by Gasteiger charge is 2.09. The first kappa shape index (κ1) is 25.0. The summed E-state index contributed by atoms with van der Waals surface area (Å²) in [6.45, 7) is 5.43. The molecule has 2 aromatic carbocycles. The second kappa shape index (κ2) is 12.6. The van der Waals surface area contributed by atoms with Crippen LogP contribution in [0.2, 0.25) is 5.02 Å². The van der Waals surface area contributed by atoms with E-state index >= 15 is 0 Å². The molecule has 0 fully saturated rings. The molecule has 0 aliphatic heterocycles. The molecule has 0 aliphatic carbocycles. The van der Waals surface area contributed by atoms with Gasteiger partial charge in [-0.05, 0) is 42.3 Å². The number of benzene rings is 2. The van der Waals surface area contributed by atoms with E-state index in [-0.39, 0.29) is 11.8 Å². The van der Waals surface area contributed by atoms with Crippen molar-refractivity contribution in [1.82, 2.24) is 20.6 Å². The van der Waals surface area contributed by atoms with Gasteiger partial charge in [0.25, 0.3) is 0 Å². The molecule has 0 saturated carbocycles. The fourth-order valence-electron chi connectivity index (χ4n) is 3.22. The van der Waals surface area contributed by atoms with Gasteiger partial charge in [-0.15, -0.1) is 0 Å². The van der Waals surface area contributed by atoms with Crippen LogP contribution in [0.25, 0.3) is 11.4 Å². The number of amides is 2. The average Bonchev–Trinajstić information content (AvgIpc) is 2.81. The highest BCUT2D eigenvalue weighted by molar-refractivity contribution is 6.30. The van der Waals surface area contributed by atoms with Crippen molar-refractivity contribution in [3.8, 4) is 11.4 Å². The summed E-state index contributed by atoms with van der Waals surface area (Å²) < 4.78 is 0. The fourth-order valence-corrected chi connectivity index (χ4v) is 3.35. The molecule has 9 heteroatoms. The predicted molar refractivity (Wildman–Crippen MR) is 136 cm³/mol. The molecular formula is C25H29ClN6O2. The SMILES string of the molecule is CC(=O)NCCNc1cc(NCCNC(=O)Cc2ccccc2C)nc(-c2ccc(Cl)cc2)n1. The number of aryl methyl sites for hydroxylation is 1. The number of nitrogens with zero attached hydrogens (tertiary/aromatic N) is 2. The van der Waals surface area contributed by atoms with Crippen LogP contribution < -0.4 is 21.3 Å². The molecule has 1 heterocycles. The topological polar surface area (TPSA) is 108 Å². The van der Waals surface area contributed by atoms with E-state index < -0.39 is 0 Å². The van der Waals surface area contributed by atoms with E-state index in [1.54, 1.807) is 18.2 Å². The first-order valence-corrected chi connectivity index (χ1v) is 11.5. The Balaban J connectivity index is 1.60. The van der Waals surface area contributed by atoms with Crippen LogP contribution >= 0.6 is 11.6 Å². The van der Waals surface area contributed by atoms with E-state index in [0.717, 1.165) is 16.7 Å². The third kappa shape index (κ3) is 8.04. The molecule has 0 spiro atoms. The average molecular weight is 481 g/mol. The molecule has 3 aromatic rings. The first-order valence-electron chi connectivity index (χ1n) is 11.1. The highest BCUT2D eigenvalue weighted by atomic mass is 35.5. The molecule has 0 aliphatic rings. The lowest BCUT2D eigenvalue weighted by Gasteiger charge is -2.12. The summed E-state index contributed by atoms with van der Waals surface area (Å²) in [5.41, 5.74) is 2.95. The predicted octanol–water partition coefficient (Wildman–Crippen LogP) is 3.42. The molecule has 178 valence electrons. The number of carbonyl (C=O) groups is 2. The van der Waals surface area contributed by atoms with Gasteiger partial charge in [0.1, 0.15) is 11.6 Å². The third-order valence-electron chi connectivity index (χ3n) is 5.00. The Kier molecular flexibility index (Phi) is 9.22. The van der Waals surface area contributed by atoms with Gasteiger partial charge in [0.2, 0.25) is 11.8 Å². The largest absolute Gasteiger partial charge is 0.368 e. The maximum atomic E-state index is 12.3. The van der Waals surface area contributed by atoms with Crippen LogP contribution in [0.1, 0.15) is 18.1 Å². The van der Waals surface area contributed by atoms with Gasteiger partial charge < -0.3 is 21.3 Å². The number of anilines is 2. The monoisotopic (exact) mass is 480 g/mol. The van der Waals surface area contributed by atoms with Crippen molar-refractivity contribution in [2.24, 2.45) is 0 Å². The molecule has 8 nitrogen and oxygen atoms in total. The van der Waals surface area contributed by atoms with E-state index in [1.807, 2.05) is 43.3 Å². The Morgan fingerprint density at radius 3 is 2.09 bits per heavy atom. The van der Waals surface area contributed by atoms with Crippen LogP contribution in [0.3, 0.4) is 0 Å². The Morgan fingerprint density at radius 2 is 1.47 bits per heavy atom. The minimum absolute atomic E-state index is 0.0269. The number of rotatable bonds is 11. The van der Waals surface area contributed by atoms with E-state index in [2.05, 4.69) is 31.2 Å². The van der Waals surface area contributed by atoms with E-state index in [0.29, 0.717) is 55.1 Å². The zero-order valence-electron chi connectivity index (χ0n) is 19.3. The van der Waals surface area contributed by atoms with Gasteiger partial charge in [0.05, 0.1) is 6.42 Å². The number of hydrogen-bond donors (Lipinski definition) is 4. The summed E-state index contributed by atoms with van der Waals surface area (Å²) >= 11 is 6.01. The number of halogens is 1. The van der Waals surface area contributed by atoms with Crippen LogP contribution in [-0.4, -0.2) is 48.0 Å². The molecule has 2 amide bonds. The highest BCUT2D eigenvalue weighted by Crippen LogP contribution is 2.22. The number of carbonyl (C=O) groups excluding carboxylic acids is 2. The van der Waals surface area contributed by atoms with Crippen LogP contribution in [0.15, 0.2) is 54.6 Å². The summed E-state index contributed by atoms with van der Waals surface area (Å²) in [5, 5.41) is 12.8. The molecule has 3 rings (SSSR count). The normalized spacial score (nSPS) is 10.4. The minimum Gasteiger partial charge on any atom is -0.368 e. The number of aromatic nitrogens is 2. The maximum absolute atomic E-state index is 12.3. The first-order chi connectivity index (χ1) is 16.4. The Morgan fingerprint density at radius 1 is 0.853 bits per heavy atom. The molecule has 0 atom stereocenters. The van der Waals surface area contributed by atoms with Crippen LogP contribution in [0.5, 0.6) is 0 Å². The van der Waals surface area contributed by atoms with Crippen LogP contribution in [-0.2, 0) is 16.0 Å². The van der Waals surface area contributed by atoms with Crippen molar-refractivity contribution < 1.29 is 9.59 Å². The van der Waals surface area contributed by atoms with Crippen molar-refractivity contribution >= 4 is 35.1 Å². The maximum Gasteiger partial charge on any atom is 0.224 e. The molecule has 34 heavy (non-hydrogen) atoms. The second-order valence-corrected chi connectivity index (χ2v) is 8.20. The van der Waals surface area contributed by atoms with Gasteiger partial charge in [-0.25, -0.2) is 9.97 Å². The minimum atomic E-state index is -0.0850. The molecule has 0 saturated heterocycles. The third-order valence-corrected chi connectivity index (χ3v) is 5.25. The lowest BCUT2D eigenvalue weighted by Crippen LogP contribution is -2.30. The number of hydrogen-bond acceptors (Lipinski definition) is 6. The summed E-state index contributed by atoms with van der Waals surface area (Å²) in [5.74, 6) is 1.66. The smallest absolute Gasteiger partial charge is 0.224 e. The summed E-state index contributed by atoms with van der Waals surface area (Å²) in [6.07, 6.45) is 0.350. The Labute approximate surface area is 204 Å². The van der Waals surface area contributed by atoms with Crippen molar-refractivity contribution in [1.29, 1.82) is 0 Å². The van der Waals surface area contributed by atoms with E-state index in [1.165, 1.54) is 6.92 Å². The molecular weight excluding hydrogens is 452 g/mol. The Hall–Kier alpha value is -3.65. The van der Waals surface area contributed by atoms with E-state index in [4.69, 9.17) is 11.6 Å². The van der Waals surface area contributed by atoms with Crippen LogP contribution in [0, 0.1) is 6.92 Å². The zero-order valence-corrected chi connectivity index (χ0v) is 20.1. The van der Waals surface area contributed by atoms with Crippen molar-refractivity contribution in [2.75, 3.05) is 36.8 Å². The summed E-state index contributed by atoms with van der Waals surface area (Å²) in [6, 6.07) is 16.9. The van der Waals surface area contributed by atoms with Crippen LogP contribution in [0.4, 0.5) is 11.6 Å². The summed E-state index contributed by atoms with van der Waals surface area (Å²) in [4.78, 5) is 32.5. The molecule has 4 N–H and O–H groups in total. The second-order valence-electron chi connectivity index (χ2n) is 7.76. The van der Waals surface area contributed by atoms with Crippen molar-refractivity contribution in [3.63, 3.8) is 0 Å². The van der Waals surface area contributed by atoms with E-state index in [9.17, 15) is 9.59 Å². The fraction of sp³-hybridized carbons (Fsp3) is 0.280. The molecule has 0 bridgehead atoms. The van der Waals surface area contributed by atoms with Gasteiger partial charge in [0, 0.05) is 49.8 Å². The molecule has 1 aromatic heterocycles. The lowest BCUT2D eigenvalue weighted by atomic mass is 10.1. The van der Waals surface area contributed by atoms with Gasteiger partial charge in [-0.3, -0.25) is 9.59 Å². The molecule has 0 unspecified atom stereocenters. The molecule has 0 radical (unpaired) electrons. The Bertz CT molecular complexity index is 1120. The van der Waals surface area contributed by atoms with Crippen molar-refractivity contribution in [2.45, 2.75) is 20.3 Å². The number of nitrogens with one attached hydrogen (secondary N) is 4. The van der Waals surface area contributed by atoms with Gasteiger partial charge in [-0.1, -0.05) is 35.9 Å². The zero-order chi connectivity index (χ0) is 24.3. The standard InChI is InChI=1S/C25H29ClN6O2/c1-17-5-3-4-6-20(17)15-24(34)30-14-13-29-23-16-22(28-12-11-27-18(2)33)31-25(32-23)19-7-9-21(26)10-8-19/h3-10,16H,11-15H2,1-2H3,(H,27,33)(H,30,34)(H2,28,29,31,32). The summed E-state index contributed by atoms with van der Waals surface area (Å²) in [7, 11) is 0.